The minimum Gasteiger partial charge on any atom is -0.479 e. The molecule has 0 unspecified atom stereocenters. The molecule has 0 radical (unpaired) electrons. The smallest absolute Gasteiger partial charge is 0.334 e. The Bertz CT molecular complexity index is 104. The third-order valence-corrected chi connectivity index (χ3v) is 1.18. The van der Waals surface area contributed by atoms with E-state index in [0.29, 0.717) is 0 Å². The van der Waals surface area contributed by atoms with Gasteiger partial charge in [-0.2, -0.15) is 0 Å². The molecule has 0 aromatic carbocycles. The van der Waals surface area contributed by atoms with Gasteiger partial charge in [0.05, 0.1) is 0 Å². The first-order chi connectivity index (χ1) is 4.09. The van der Waals surface area contributed by atoms with Crippen molar-refractivity contribution < 1.29 is 15.0 Å². The van der Waals surface area contributed by atoms with Crippen LogP contribution < -0.4 is 5.32 Å². The number of hydrogen-bond donors (Lipinski definition) is 3. The van der Waals surface area contributed by atoms with Crippen LogP contribution in [0.1, 0.15) is 6.92 Å². The summed E-state index contributed by atoms with van der Waals surface area (Å²) in [6, 6.07) is -0.400. The summed E-state index contributed by atoms with van der Waals surface area (Å²) < 4.78 is 0. The molecule has 0 aliphatic heterocycles. The number of hydrogen-bond acceptors (Lipinski definition) is 3. The predicted molar refractivity (Wildman–Crippen MR) is 32.2 cm³/mol. The molecule has 0 heterocycles. The van der Waals surface area contributed by atoms with Crippen molar-refractivity contribution in [3.8, 4) is 0 Å². The lowest BCUT2D eigenvalue weighted by atomic mass is 10.2. The molecule has 0 aliphatic rings. The molecule has 0 spiro atoms. The van der Waals surface area contributed by atoms with Crippen molar-refractivity contribution in [3.63, 3.8) is 0 Å². The maximum Gasteiger partial charge on any atom is 0.334 e. The van der Waals surface area contributed by atoms with Gasteiger partial charge in [-0.3, -0.25) is 0 Å². The zero-order valence-corrected chi connectivity index (χ0v) is 5.46. The third kappa shape index (κ3) is 2.43. The molecule has 0 saturated heterocycles. The Morgan fingerprint density at radius 2 is 2.11 bits per heavy atom. The van der Waals surface area contributed by atoms with Crippen molar-refractivity contribution in [3.05, 3.63) is 0 Å². The molecule has 0 amide bonds. The number of likely N-dealkylation sites (N-methyl/N-ethyl adjacent to an activating group) is 1. The number of aliphatic hydroxyl groups excluding tert-OH is 1. The van der Waals surface area contributed by atoms with E-state index in [-0.39, 0.29) is 0 Å². The van der Waals surface area contributed by atoms with Crippen LogP contribution in [-0.2, 0) is 4.79 Å². The predicted octanol–water partition coefficient (Wildman–Crippen LogP) is -0.960. The molecular weight excluding hydrogens is 122 g/mol. The van der Waals surface area contributed by atoms with Gasteiger partial charge in [-0.15, -0.1) is 0 Å². The molecule has 9 heavy (non-hydrogen) atoms. The summed E-state index contributed by atoms with van der Waals surface area (Å²) in [5.41, 5.74) is 0. The number of carboxylic acid groups (broad SMARTS) is 1. The first-order valence-electron chi connectivity index (χ1n) is 2.67. The van der Waals surface area contributed by atoms with Crippen LogP contribution in [-0.4, -0.2) is 35.4 Å². The van der Waals surface area contributed by atoms with Gasteiger partial charge in [0.2, 0.25) is 0 Å². The Hall–Kier alpha value is -0.610. The fraction of sp³-hybridized carbons (Fsp3) is 0.800. The molecule has 0 aromatic heterocycles. The summed E-state index contributed by atoms with van der Waals surface area (Å²) >= 11 is 0. The van der Waals surface area contributed by atoms with Gasteiger partial charge in [0.15, 0.2) is 6.10 Å². The van der Waals surface area contributed by atoms with Gasteiger partial charge in [0.25, 0.3) is 0 Å². The molecule has 0 rings (SSSR count). The van der Waals surface area contributed by atoms with E-state index in [9.17, 15) is 4.79 Å². The highest BCUT2D eigenvalue weighted by Crippen LogP contribution is 1.89. The number of aliphatic hydroxyl groups is 1. The molecule has 2 atom stereocenters. The Morgan fingerprint density at radius 3 is 2.22 bits per heavy atom. The molecule has 4 nitrogen and oxygen atoms in total. The van der Waals surface area contributed by atoms with Gasteiger partial charge >= 0.3 is 5.97 Å². The highest BCUT2D eigenvalue weighted by Gasteiger charge is 2.18. The van der Waals surface area contributed by atoms with Crippen LogP contribution in [0.5, 0.6) is 0 Å². The van der Waals surface area contributed by atoms with Gasteiger partial charge < -0.3 is 15.5 Å². The van der Waals surface area contributed by atoms with Gasteiger partial charge in [-0.05, 0) is 14.0 Å². The van der Waals surface area contributed by atoms with Crippen molar-refractivity contribution >= 4 is 5.97 Å². The van der Waals surface area contributed by atoms with E-state index in [4.69, 9.17) is 10.2 Å². The average Bonchev–Trinajstić information content (AvgIpc) is 1.84. The minimum absolute atomic E-state index is 0.400. The molecule has 0 aliphatic carbocycles. The first-order valence-corrected chi connectivity index (χ1v) is 2.67. The maximum absolute atomic E-state index is 10.0. The van der Waals surface area contributed by atoms with Crippen molar-refractivity contribution in [1.82, 2.24) is 5.32 Å². The SMILES string of the molecule is CN[C@@H](C)[C@@H](O)C(=O)O. The largest absolute Gasteiger partial charge is 0.479 e. The van der Waals surface area contributed by atoms with Crippen LogP contribution in [0.15, 0.2) is 0 Å². The van der Waals surface area contributed by atoms with Gasteiger partial charge in [-0.1, -0.05) is 0 Å². The van der Waals surface area contributed by atoms with Crippen LogP contribution in [0.2, 0.25) is 0 Å². The molecule has 54 valence electrons. The van der Waals surface area contributed by atoms with E-state index in [1.165, 1.54) is 0 Å². The monoisotopic (exact) mass is 133 g/mol. The molecule has 0 bridgehead atoms. The lowest BCUT2D eigenvalue weighted by Gasteiger charge is -2.12. The molecule has 3 N–H and O–H groups in total. The molecular formula is C5H11NO3. The Labute approximate surface area is 53.5 Å². The van der Waals surface area contributed by atoms with E-state index in [0.717, 1.165) is 0 Å². The van der Waals surface area contributed by atoms with Crippen molar-refractivity contribution in [2.45, 2.75) is 19.1 Å². The number of carbonyl (C=O) groups is 1. The van der Waals surface area contributed by atoms with Crippen molar-refractivity contribution in [2.75, 3.05) is 7.05 Å². The normalized spacial score (nSPS) is 16.8. The average molecular weight is 133 g/mol. The van der Waals surface area contributed by atoms with Crippen LogP contribution >= 0.6 is 0 Å². The number of aliphatic carboxylic acids is 1. The summed E-state index contributed by atoms with van der Waals surface area (Å²) in [5.74, 6) is -1.20. The topological polar surface area (TPSA) is 69.6 Å². The van der Waals surface area contributed by atoms with E-state index < -0.39 is 18.1 Å². The first kappa shape index (κ1) is 8.39. The summed E-state index contributed by atoms with van der Waals surface area (Å²) in [4.78, 5) is 10.0. The van der Waals surface area contributed by atoms with Crippen LogP contribution in [0.3, 0.4) is 0 Å². The second-order valence-electron chi connectivity index (χ2n) is 1.86. The number of rotatable bonds is 3. The Morgan fingerprint density at radius 1 is 1.67 bits per heavy atom. The van der Waals surface area contributed by atoms with Gasteiger partial charge in [0.1, 0.15) is 0 Å². The molecule has 4 heteroatoms. The van der Waals surface area contributed by atoms with E-state index >= 15 is 0 Å². The van der Waals surface area contributed by atoms with E-state index in [1.807, 2.05) is 0 Å². The fourth-order valence-corrected chi connectivity index (χ4v) is 0.372. The van der Waals surface area contributed by atoms with E-state index in [2.05, 4.69) is 5.32 Å². The summed E-state index contributed by atoms with van der Waals surface area (Å²) in [7, 11) is 1.59. The fourth-order valence-electron chi connectivity index (χ4n) is 0.372. The lowest BCUT2D eigenvalue weighted by Crippen LogP contribution is -2.40. The zero-order chi connectivity index (χ0) is 7.44. The summed E-state index contributed by atoms with van der Waals surface area (Å²) in [6.07, 6.45) is -1.31. The maximum atomic E-state index is 10.0. The number of carboxylic acids is 1. The highest BCUT2D eigenvalue weighted by molar-refractivity contribution is 5.72. The van der Waals surface area contributed by atoms with Gasteiger partial charge in [-0.25, -0.2) is 4.79 Å². The van der Waals surface area contributed by atoms with Crippen LogP contribution in [0, 0.1) is 0 Å². The van der Waals surface area contributed by atoms with Crippen LogP contribution in [0.4, 0.5) is 0 Å². The second kappa shape index (κ2) is 3.42. The molecule has 0 saturated carbocycles. The standard InChI is InChI=1S/C5H11NO3/c1-3(6-2)4(7)5(8)9/h3-4,6-7H,1-2H3,(H,8,9)/t3-,4+/m0/s1. The van der Waals surface area contributed by atoms with Gasteiger partial charge in [0, 0.05) is 6.04 Å². The Kier molecular flexibility index (Phi) is 3.19. The van der Waals surface area contributed by atoms with Crippen LogP contribution in [0.25, 0.3) is 0 Å². The number of nitrogens with one attached hydrogen (secondary N) is 1. The van der Waals surface area contributed by atoms with E-state index in [1.54, 1.807) is 14.0 Å². The lowest BCUT2D eigenvalue weighted by molar-refractivity contribution is -0.147. The summed E-state index contributed by atoms with van der Waals surface area (Å²) in [6.45, 7) is 1.60. The van der Waals surface area contributed by atoms with Crippen molar-refractivity contribution in [1.29, 1.82) is 0 Å². The second-order valence-corrected chi connectivity index (χ2v) is 1.86. The molecule has 0 fully saturated rings. The molecule has 0 aromatic rings. The Balaban J connectivity index is 3.72. The van der Waals surface area contributed by atoms with Crippen molar-refractivity contribution in [2.24, 2.45) is 0 Å². The minimum atomic E-state index is -1.31. The zero-order valence-electron chi connectivity index (χ0n) is 5.46. The third-order valence-electron chi connectivity index (χ3n) is 1.18. The quantitative estimate of drug-likeness (QED) is 0.463. The highest BCUT2D eigenvalue weighted by atomic mass is 16.4. The summed E-state index contributed by atoms with van der Waals surface area (Å²) in [5, 5.41) is 19.5.